The first-order chi connectivity index (χ1) is 12.7. The van der Waals surface area contributed by atoms with Gasteiger partial charge in [0, 0.05) is 37.2 Å². The molecular formula is C22H26N2O2. The molecule has 0 aliphatic carbocycles. The molecule has 0 radical (unpaired) electrons. The summed E-state index contributed by atoms with van der Waals surface area (Å²) in [5.74, 6) is 0.231. The van der Waals surface area contributed by atoms with Gasteiger partial charge in [-0.15, -0.1) is 0 Å². The maximum Gasteiger partial charge on any atom is 0.225 e. The molecule has 1 atom stereocenters. The molecule has 1 aromatic heterocycles. The number of carbonyl (C=O) groups excluding carboxylic acids is 1. The van der Waals surface area contributed by atoms with Gasteiger partial charge < -0.3 is 9.64 Å². The lowest BCUT2D eigenvalue weighted by Gasteiger charge is -2.31. The van der Waals surface area contributed by atoms with Crippen LogP contribution in [0, 0.1) is 6.92 Å². The summed E-state index contributed by atoms with van der Waals surface area (Å²) < 4.78 is 5.73. The highest BCUT2D eigenvalue weighted by Gasteiger charge is 2.25. The molecule has 0 bridgehead atoms. The van der Waals surface area contributed by atoms with Crippen molar-refractivity contribution >= 4 is 5.91 Å². The molecule has 0 N–H and O–H groups in total. The molecule has 136 valence electrons. The maximum absolute atomic E-state index is 12.6. The van der Waals surface area contributed by atoms with E-state index in [-0.39, 0.29) is 12.0 Å². The first-order valence-corrected chi connectivity index (χ1v) is 9.63. The van der Waals surface area contributed by atoms with Gasteiger partial charge in [-0.05, 0) is 55.4 Å². The van der Waals surface area contributed by atoms with Crippen molar-refractivity contribution in [3.8, 4) is 11.1 Å². The Balaban J connectivity index is 1.44. The van der Waals surface area contributed by atoms with Crippen molar-refractivity contribution in [1.82, 2.24) is 9.88 Å². The van der Waals surface area contributed by atoms with Crippen molar-refractivity contribution in [3.63, 3.8) is 0 Å². The van der Waals surface area contributed by atoms with Crippen LogP contribution in [-0.4, -0.2) is 35.0 Å². The van der Waals surface area contributed by atoms with Crippen molar-refractivity contribution < 1.29 is 9.53 Å². The number of nitrogens with zero attached hydrogens (tertiary/aromatic N) is 2. The zero-order valence-corrected chi connectivity index (χ0v) is 15.4. The highest BCUT2D eigenvalue weighted by atomic mass is 16.5. The minimum absolute atomic E-state index is 0.120. The number of hydrogen-bond donors (Lipinski definition) is 0. The zero-order valence-electron chi connectivity index (χ0n) is 15.4. The van der Waals surface area contributed by atoms with Gasteiger partial charge in [0.25, 0.3) is 0 Å². The number of hydrogen-bond acceptors (Lipinski definition) is 3. The Morgan fingerprint density at radius 1 is 1.19 bits per heavy atom. The summed E-state index contributed by atoms with van der Waals surface area (Å²) in [5.41, 5.74) is 5.99. The van der Waals surface area contributed by atoms with E-state index >= 15 is 0 Å². The second kappa shape index (κ2) is 7.58. The monoisotopic (exact) mass is 350 g/mol. The molecule has 0 saturated carbocycles. The lowest BCUT2D eigenvalue weighted by Crippen LogP contribution is -2.38. The van der Waals surface area contributed by atoms with Crippen LogP contribution >= 0.6 is 0 Å². The number of aromatic nitrogens is 1. The van der Waals surface area contributed by atoms with Gasteiger partial charge in [-0.2, -0.15) is 0 Å². The second-order valence-electron chi connectivity index (χ2n) is 7.43. The number of fused-ring (bicyclic) bond motifs is 1. The summed E-state index contributed by atoms with van der Waals surface area (Å²) in [7, 11) is 0. The Labute approximate surface area is 155 Å². The van der Waals surface area contributed by atoms with Crippen molar-refractivity contribution in [1.29, 1.82) is 0 Å². The average Bonchev–Trinajstić information content (AvgIpc) is 2.68. The summed E-state index contributed by atoms with van der Waals surface area (Å²) in [6, 6.07) is 10.7. The molecule has 1 fully saturated rings. The Morgan fingerprint density at radius 3 is 2.85 bits per heavy atom. The highest BCUT2D eigenvalue weighted by Crippen LogP contribution is 2.27. The van der Waals surface area contributed by atoms with E-state index in [1.54, 1.807) is 0 Å². The van der Waals surface area contributed by atoms with Crippen LogP contribution in [0.3, 0.4) is 0 Å². The summed E-state index contributed by atoms with van der Waals surface area (Å²) in [6.45, 7) is 4.32. The van der Waals surface area contributed by atoms with Crippen LogP contribution in [0.1, 0.15) is 42.5 Å². The Morgan fingerprint density at radius 2 is 2.08 bits per heavy atom. The summed E-state index contributed by atoms with van der Waals surface area (Å²) in [5, 5.41) is 0. The van der Waals surface area contributed by atoms with E-state index in [0.717, 1.165) is 43.7 Å². The molecule has 1 aromatic carbocycles. The average molecular weight is 350 g/mol. The van der Waals surface area contributed by atoms with E-state index < -0.39 is 0 Å². The molecule has 4 heteroatoms. The fourth-order valence-corrected chi connectivity index (χ4v) is 3.88. The van der Waals surface area contributed by atoms with Crippen molar-refractivity contribution in [2.75, 3.05) is 13.2 Å². The van der Waals surface area contributed by atoms with Crippen LogP contribution in [0.25, 0.3) is 11.1 Å². The predicted molar refractivity (Wildman–Crippen MR) is 102 cm³/mol. The van der Waals surface area contributed by atoms with Gasteiger partial charge in [0.05, 0.1) is 12.5 Å². The van der Waals surface area contributed by atoms with Crippen LogP contribution in [0.5, 0.6) is 0 Å². The van der Waals surface area contributed by atoms with E-state index in [1.165, 1.54) is 23.1 Å². The first-order valence-electron chi connectivity index (χ1n) is 9.63. The fraction of sp³-hybridized carbons (Fsp3) is 0.455. The van der Waals surface area contributed by atoms with Gasteiger partial charge in [0.2, 0.25) is 5.91 Å². The van der Waals surface area contributed by atoms with Gasteiger partial charge >= 0.3 is 0 Å². The van der Waals surface area contributed by atoms with Gasteiger partial charge in [0.15, 0.2) is 0 Å². The molecule has 4 rings (SSSR count). The molecule has 1 saturated heterocycles. The first kappa shape index (κ1) is 17.2. The SMILES string of the molecule is Cc1ccc(-c2ccc3c(c2)CCN(C(=O)CC2CCCCO2)C3)cn1. The van der Waals surface area contributed by atoms with Crippen molar-refractivity contribution in [2.24, 2.45) is 0 Å². The lowest BCUT2D eigenvalue weighted by molar-refractivity contribution is -0.136. The zero-order chi connectivity index (χ0) is 17.9. The normalized spacial score (nSPS) is 19.9. The van der Waals surface area contributed by atoms with Gasteiger partial charge in [0.1, 0.15) is 0 Å². The van der Waals surface area contributed by atoms with Crippen LogP contribution in [0.2, 0.25) is 0 Å². The Hall–Kier alpha value is -2.20. The molecule has 26 heavy (non-hydrogen) atoms. The van der Waals surface area contributed by atoms with Gasteiger partial charge in [-0.1, -0.05) is 24.3 Å². The standard InChI is InChI=1S/C22H26N2O2/c1-16-5-6-19(14-23-16)17-7-8-20-15-24(10-9-18(20)12-17)22(25)13-21-4-2-3-11-26-21/h5-8,12,14,21H,2-4,9-11,13,15H2,1H3. The van der Waals surface area contributed by atoms with Crippen LogP contribution in [0.15, 0.2) is 36.5 Å². The second-order valence-corrected chi connectivity index (χ2v) is 7.43. The van der Waals surface area contributed by atoms with Crippen LogP contribution < -0.4 is 0 Å². The van der Waals surface area contributed by atoms with Gasteiger partial charge in [-0.3, -0.25) is 9.78 Å². The number of carbonyl (C=O) groups is 1. The summed E-state index contributed by atoms with van der Waals surface area (Å²) >= 11 is 0. The number of rotatable bonds is 3. The number of aryl methyl sites for hydroxylation is 1. The van der Waals surface area contributed by atoms with E-state index in [4.69, 9.17) is 4.74 Å². The van der Waals surface area contributed by atoms with Crippen LogP contribution in [-0.2, 0) is 22.5 Å². The molecule has 1 unspecified atom stereocenters. The summed E-state index contributed by atoms with van der Waals surface area (Å²) in [6.07, 6.45) is 6.82. The third kappa shape index (κ3) is 3.80. The molecule has 2 aliphatic heterocycles. The van der Waals surface area contributed by atoms with Gasteiger partial charge in [-0.25, -0.2) is 0 Å². The van der Waals surface area contributed by atoms with Crippen molar-refractivity contribution in [3.05, 3.63) is 53.3 Å². The topological polar surface area (TPSA) is 42.4 Å². The van der Waals surface area contributed by atoms with E-state index in [1.807, 2.05) is 24.1 Å². The Kier molecular flexibility index (Phi) is 5.02. The minimum Gasteiger partial charge on any atom is -0.378 e. The molecule has 2 aromatic rings. The number of pyridine rings is 1. The highest BCUT2D eigenvalue weighted by molar-refractivity contribution is 5.77. The smallest absolute Gasteiger partial charge is 0.225 e. The molecule has 0 spiro atoms. The minimum atomic E-state index is 0.120. The molecule has 1 amide bonds. The van der Waals surface area contributed by atoms with E-state index in [9.17, 15) is 4.79 Å². The molecule has 3 heterocycles. The third-order valence-corrected chi connectivity index (χ3v) is 5.49. The maximum atomic E-state index is 12.6. The third-order valence-electron chi connectivity index (χ3n) is 5.49. The number of ether oxygens (including phenoxy) is 1. The number of amides is 1. The molecular weight excluding hydrogens is 324 g/mol. The van der Waals surface area contributed by atoms with E-state index in [2.05, 4.69) is 29.2 Å². The summed E-state index contributed by atoms with van der Waals surface area (Å²) in [4.78, 5) is 19.0. The predicted octanol–water partition coefficient (Wildman–Crippen LogP) is 3.90. The Bertz CT molecular complexity index is 779. The quantitative estimate of drug-likeness (QED) is 0.843. The van der Waals surface area contributed by atoms with E-state index in [0.29, 0.717) is 13.0 Å². The largest absolute Gasteiger partial charge is 0.378 e. The lowest BCUT2D eigenvalue weighted by atomic mass is 9.94. The molecule has 4 nitrogen and oxygen atoms in total. The molecule has 2 aliphatic rings. The number of benzene rings is 1. The van der Waals surface area contributed by atoms with Crippen molar-refractivity contribution in [2.45, 2.75) is 51.7 Å². The van der Waals surface area contributed by atoms with Crippen LogP contribution in [0.4, 0.5) is 0 Å². The fourth-order valence-electron chi connectivity index (χ4n) is 3.88.